The van der Waals surface area contributed by atoms with Gasteiger partial charge in [-0.2, -0.15) is 0 Å². The summed E-state index contributed by atoms with van der Waals surface area (Å²) in [6.45, 7) is 2.82. The van der Waals surface area contributed by atoms with E-state index in [9.17, 15) is 14.0 Å². The number of hydrogen-bond donors (Lipinski definition) is 1. The van der Waals surface area contributed by atoms with E-state index in [0.29, 0.717) is 42.9 Å². The van der Waals surface area contributed by atoms with Crippen LogP contribution in [0.5, 0.6) is 11.6 Å². The molecular formula is C25H25FN4O3S. The van der Waals surface area contributed by atoms with Crippen LogP contribution in [0.4, 0.5) is 4.39 Å². The van der Waals surface area contributed by atoms with Crippen LogP contribution in [0.15, 0.2) is 59.8 Å². The van der Waals surface area contributed by atoms with Crippen LogP contribution < -0.4 is 10.1 Å². The Morgan fingerprint density at radius 2 is 1.91 bits per heavy atom. The fourth-order valence-corrected chi connectivity index (χ4v) is 4.27. The van der Waals surface area contributed by atoms with Gasteiger partial charge in [-0.05, 0) is 62.4 Å². The smallest absolute Gasteiger partial charge is 0.257 e. The van der Waals surface area contributed by atoms with Crippen LogP contribution in [0.1, 0.15) is 39.3 Å². The molecule has 3 aromatic rings. The predicted molar refractivity (Wildman–Crippen MR) is 128 cm³/mol. The van der Waals surface area contributed by atoms with Gasteiger partial charge in [0.25, 0.3) is 11.8 Å². The SMILES string of the molecule is CSc1cccc(Oc2ncc(F)cc2C(=O)NC2CCN(C(=O)c3cccnc3C)CC2)c1. The molecule has 0 saturated carbocycles. The van der Waals surface area contributed by atoms with Crippen molar-refractivity contribution in [2.45, 2.75) is 30.7 Å². The predicted octanol–water partition coefficient (Wildman–Crippen LogP) is 4.47. The van der Waals surface area contributed by atoms with E-state index in [1.165, 1.54) is 0 Å². The number of thioether (sulfide) groups is 1. The van der Waals surface area contributed by atoms with E-state index >= 15 is 0 Å². The second-order valence-electron chi connectivity index (χ2n) is 7.96. The molecule has 3 heterocycles. The number of halogens is 1. The van der Waals surface area contributed by atoms with Crippen LogP contribution in [0.3, 0.4) is 0 Å². The minimum Gasteiger partial charge on any atom is -0.438 e. The quantitative estimate of drug-likeness (QED) is 0.524. The van der Waals surface area contributed by atoms with Gasteiger partial charge in [0, 0.05) is 35.9 Å². The number of aromatic nitrogens is 2. The number of carbonyl (C=O) groups is 2. The van der Waals surface area contributed by atoms with E-state index in [0.717, 1.165) is 17.2 Å². The summed E-state index contributed by atoms with van der Waals surface area (Å²) >= 11 is 1.56. The Morgan fingerprint density at radius 1 is 1.12 bits per heavy atom. The Bertz CT molecular complexity index is 1200. The highest BCUT2D eigenvalue weighted by atomic mass is 32.2. The molecule has 1 N–H and O–H groups in total. The van der Waals surface area contributed by atoms with Crippen LogP contribution in [-0.4, -0.2) is 52.1 Å². The molecule has 9 heteroatoms. The Labute approximate surface area is 201 Å². The zero-order chi connectivity index (χ0) is 24.1. The Hall–Kier alpha value is -3.46. The molecule has 34 heavy (non-hydrogen) atoms. The Balaban J connectivity index is 1.41. The number of nitrogens with one attached hydrogen (secondary N) is 1. The molecule has 1 fully saturated rings. The first kappa shape index (κ1) is 23.7. The number of pyridine rings is 2. The summed E-state index contributed by atoms with van der Waals surface area (Å²) in [6.07, 6.45) is 5.81. The lowest BCUT2D eigenvalue weighted by Crippen LogP contribution is -2.46. The molecule has 7 nitrogen and oxygen atoms in total. The molecule has 0 radical (unpaired) electrons. The number of amides is 2. The number of hydrogen-bond acceptors (Lipinski definition) is 6. The molecular weight excluding hydrogens is 455 g/mol. The summed E-state index contributed by atoms with van der Waals surface area (Å²) in [5.41, 5.74) is 1.30. The van der Waals surface area contributed by atoms with Gasteiger partial charge in [-0.25, -0.2) is 9.37 Å². The molecule has 0 unspecified atom stereocenters. The number of nitrogens with zero attached hydrogens (tertiary/aromatic N) is 3. The summed E-state index contributed by atoms with van der Waals surface area (Å²) < 4.78 is 19.7. The maximum absolute atomic E-state index is 13.9. The van der Waals surface area contributed by atoms with Crippen molar-refractivity contribution in [3.05, 3.63) is 77.5 Å². The number of carbonyl (C=O) groups excluding carboxylic acids is 2. The average molecular weight is 481 g/mol. The Kier molecular flexibility index (Phi) is 7.42. The zero-order valence-corrected chi connectivity index (χ0v) is 19.8. The molecule has 0 spiro atoms. The van der Waals surface area contributed by atoms with Gasteiger partial charge in [0.2, 0.25) is 5.88 Å². The van der Waals surface area contributed by atoms with E-state index in [1.54, 1.807) is 41.1 Å². The molecule has 1 aliphatic rings. The highest BCUT2D eigenvalue weighted by Crippen LogP contribution is 2.27. The van der Waals surface area contributed by atoms with Crippen molar-refractivity contribution < 1.29 is 18.7 Å². The highest BCUT2D eigenvalue weighted by Gasteiger charge is 2.27. The number of piperidine rings is 1. The second kappa shape index (κ2) is 10.6. The fourth-order valence-electron chi connectivity index (χ4n) is 3.82. The summed E-state index contributed by atoms with van der Waals surface area (Å²) in [5.74, 6) is -0.597. The topological polar surface area (TPSA) is 84.4 Å². The van der Waals surface area contributed by atoms with Crippen molar-refractivity contribution >= 4 is 23.6 Å². The zero-order valence-electron chi connectivity index (χ0n) is 19.0. The molecule has 176 valence electrons. The molecule has 1 aromatic carbocycles. The molecule has 2 aromatic heterocycles. The highest BCUT2D eigenvalue weighted by molar-refractivity contribution is 7.98. The van der Waals surface area contributed by atoms with Gasteiger partial charge >= 0.3 is 0 Å². The van der Waals surface area contributed by atoms with Crippen LogP contribution in [-0.2, 0) is 0 Å². The molecule has 4 rings (SSSR count). The number of benzene rings is 1. The second-order valence-corrected chi connectivity index (χ2v) is 8.84. The third kappa shape index (κ3) is 5.53. The normalized spacial score (nSPS) is 14.0. The number of ether oxygens (including phenoxy) is 1. The maximum Gasteiger partial charge on any atom is 0.257 e. The van der Waals surface area contributed by atoms with Crippen molar-refractivity contribution in [1.82, 2.24) is 20.2 Å². The molecule has 1 aliphatic heterocycles. The van der Waals surface area contributed by atoms with Gasteiger partial charge in [-0.3, -0.25) is 14.6 Å². The van der Waals surface area contributed by atoms with Gasteiger partial charge in [0.05, 0.1) is 11.8 Å². The van der Waals surface area contributed by atoms with Crippen LogP contribution in [0.2, 0.25) is 0 Å². The van der Waals surface area contributed by atoms with Crippen molar-refractivity contribution in [1.29, 1.82) is 0 Å². The minimum absolute atomic E-state index is 0.0269. The van der Waals surface area contributed by atoms with Crippen LogP contribution >= 0.6 is 11.8 Å². The van der Waals surface area contributed by atoms with Crippen molar-refractivity contribution in [2.24, 2.45) is 0 Å². The van der Waals surface area contributed by atoms with Gasteiger partial charge in [-0.1, -0.05) is 6.07 Å². The van der Waals surface area contributed by atoms with Crippen molar-refractivity contribution in [3.8, 4) is 11.6 Å². The largest absolute Gasteiger partial charge is 0.438 e. The standard InChI is InChI=1S/C25H25FN4O3S/c1-16-21(7-4-10-27-16)25(32)30-11-8-18(9-12-30)29-23(31)22-13-17(26)15-28-24(22)33-19-5-3-6-20(14-19)34-2/h3-7,10,13-15,18H,8-9,11-12H2,1-2H3,(H,29,31). The lowest BCUT2D eigenvalue weighted by Gasteiger charge is -2.32. The number of aryl methyl sites for hydroxylation is 1. The lowest BCUT2D eigenvalue weighted by molar-refractivity contribution is 0.0696. The third-order valence-electron chi connectivity index (χ3n) is 5.67. The maximum atomic E-state index is 13.9. The number of rotatable bonds is 6. The van der Waals surface area contributed by atoms with Gasteiger partial charge in [0.1, 0.15) is 17.1 Å². The molecule has 0 atom stereocenters. The average Bonchev–Trinajstić information content (AvgIpc) is 2.85. The Morgan fingerprint density at radius 3 is 2.65 bits per heavy atom. The van der Waals surface area contributed by atoms with Crippen LogP contribution in [0.25, 0.3) is 0 Å². The molecule has 0 bridgehead atoms. The monoisotopic (exact) mass is 480 g/mol. The van der Waals surface area contributed by atoms with Crippen molar-refractivity contribution in [2.75, 3.05) is 19.3 Å². The first-order valence-corrected chi connectivity index (χ1v) is 12.2. The fraction of sp³-hybridized carbons (Fsp3) is 0.280. The third-order valence-corrected chi connectivity index (χ3v) is 6.40. The molecule has 0 aliphatic carbocycles. The minimum atomic E-state index is -0.623. The lowest BCUT2D eigenvalue weighted by atomic mass is 10.0. The number of likely N-dealkylation sites (tertiary alicyclic amines) is 1. The van der Waals surface area contributed by atoms with Gasteiger partial charge < -0.3 is 15.0 Å². The molecule has 2 amide bonds. The van der Waals surface area contributed by atoms with E-state index < -0.39 is 11.7 Å². The van der Waals surface area contributed by atoms with E-state index in [4.69, 9.17) is 4.74 Å². The van der Waals surface area contributed by atoms with E-state index in [2.05, 4.69) is 15.3 Å². The summed E-state index contributed by atoms with van der Waals surface area (Å²) in [5, 5.41) is 2.94. The van der Waals surface area contributed by atoms with Crippen LogP contribution in [0, 0.1) is 12.7 Å². The van der Waals surface area contributed by atoms with E-state index in [-0.39, 0.29) is 23.4 Å². The van der Waals surface area contributed by atoms with Gasteiger partial charge in [-0.15, -0.1) is 11.8 Å². The molecule has 1 saturated heterocycles. The van der Waals surface area contributed by atoms with Gasteiger partial charge in [0.15, 0.2) is 0 Å². The van der Waals surface area contributed by atoms with E-state index in [1.807, 2.05) is 31.4 Å². The van der Waals surface area contributed by atoms with Crippen molar-refractivity contribution in [3.63, 3.8) is 0 Å². The summed E-state index contributed by atoms with van der Waals surface area (Å²) in [7, 11) is 0. The summed E-state index contributed by atoms with van der Waals surface area (Å²) in [4.78, 5) is 36.7. The first-order valence-electron chi connectivity index (χ1n) is 10.9. The summed E-state index contributed by atoms with van der Waals surface area (Å²) in [6, 6.07) is 11.9. The first-order chi connectivity index (χ1) is 16.4.